The van der Waals surface area contributed by atoms with E-state index in [1.807, 2.05) is 55.5 Å². The molecule has 0 radical (unpaired) electrons. The number of aromatic nitrogens is 2. The molecule has 6 nitrogen and oxygen atoms in total. The fraction of sp³-hybridized carbons (Fsp3) is 0.240. The molecule has 0 aliphatic rings. The minimum Gasteiger partial charge on any atom is -0.341 e. The van der Waals surface area contributed by atoms with Crippen molar-refractivity contribution in [3.8, 4) is 6.07 Å². The zero-order valence-corrected chi connectivity index (χ0v) is 18.0. The van der Waals surface area contributed by atoms with Crippen LogP contribution in [0.2, 0.25) is 0 Å². The largest absolute Gasteiger partial charge is 0.341 e. The summed E-state index contributed by atoms with van der Waals surface area (Å²) >= 11 is 0. The van der Waals surface area contributed by atoms with Crippen LogP contribution in [-0.2, 0) is 11.2 Å². The molecule has 2 heterocycles. The van der Waals surface area contributed by atoms with Crippen molar-refractivity contribution >= 4 is 39.8 Å². The molecule has 0 bridgehead atoms. The van der Waals surface area contributed by atoms with Crippen LogP contribution in [0.1, 0.15) is 43.4 Å². The van der Waals surface area contributed by atoms with Gasteiger partial charge in [-0.05, 0) is 67.3 Å². The van der Waals surface area contributed by atoms with Gasteiger partial charge >= 0.3 is 0 Å². The van der Waals surface area contributed by atoms with E-state index in [-0.39, 0.29) is 5.91 Å². The van der Waals surface area contributed by atoms with Gasteiger partial charge in [-0.2, -0.15) is 5.26 Å². The number of amides is 1. The summed E-state index contributed by atoms with van der Waals surface area (Å²) in [5, 5.41) is 16.3. The van der Waals surface area contributed by atoms with Gasteiger partial charge in [0.1, 0.15) is 11.9 Å². The van der Waals surface area contributed by atoms with E-state index in [0.717, 1.165) is 58.6 Å². The molecule has 6 heteroatoms. The van der Waals surface area contributed by atoms with Gasteiger partial charge < -0.3 is 10.6 Å². The van der Waals surface area contributed by atoms with Crippen molar-refractivity contribution in [3.05, 3.63) is 65.2 Å². The molecule has 31 heavy (non-hydrogen) atoms. The molecule has 0 unspecified atom stereocenters. The summed E-state index contributed by atoms with van der Waals surface area (Å²) in [4.78, 5) is 16.1. The lowest BCUT2D eigenvalue weighted by molar-refractivity contribution is -0.114. The molecule has 0 saturated carbocycles. The number of carbonyl (C=O) groups excluding carboxylic acids is 1. The van der Waals surface area contributed by atoms with Crippen molar-refractivity contribution < 1.29 is 4.79 Å². The Morgan fingerprint density at radius 2 is 1.84 bits per heavy atom. The van der Waals surface area contributed by atoms with Gasteiger partial charge in [-0.25, -0.2) is 4.98 Å². The lowest BCUT2D eigenvalue weighted by Crippen LogP contribution is -2.09. The van der Waals surface area contributed by atoms with Crippen LogP contribution in [0.4, 0.5) is 17.2 Å². The summed E-state index contributed by atoms with van der Waals surface area (Å²) in [7, 11) is 0. The first kappa shape index (κ1) is 20.4. The number of nitriles is 1. The molecule has 4 rings (SSSR count). The van der Waals surface area contributed by atoms with E-state index in [0.29, 0.717) is 11.2 Å². The van der Waals surface area contributed by atoms with Crippen molar-refractivity contribution in [3.63, 3.8) is 0 Å². The van der Waals surface area contributed by atoms with Crippen LogP contribution < -0.4 is 10.6 Å². The van der Waals surface area contributed by atoms with E-state index >= 15 is 0 Å². The van der Waals surface area contributed by atoms with Crippen LogP contribution in [0, 0.1) is 18.3 Å². The van der Waals surface area contributed by atoms with Gasteiger partial charge in [-0.1, -0.05) is 25.5 Å². The number of hydrogen-bond acceptors (Lipinski definition) is 4. The van der Waals surface area contributed by atoms with E-state index < -0.39 is 0 Å². The maximum absolute atomic E-state index is 11.3. The summed E-state index contributed by atoms with van der Waals surface area (Å²) in [6.07, 6.45) is 2.96. The molecule has 0 fully saturated rings. The molecule has 0 spiro atoms. The maximum atomic E-state index is 11.3. The van der Waals surface area contributed by atoms with E-state index in [9.17, 15) is 10.1 Å². The Balaban J connectivity index is 1.93. The zero-order valence-electron chi connectivity index (χ0n) is 18.0. The van der Waals surface area contributed by atoms with Gasteiger partial charge in [0.15, 0.2) is 5.65 Å². The van der Waals surface area contributed by atoms with E-state index in [4.69, 9.17) is 4.98 Å². The van der Waals surface area contributed by atoms with Crippen LogP contribution in [0.25, 0.3) is 16.7 Å². The van der Waals surface area contributed by atoms with Gasteiger partial charge in [0.2, 0.25) is 5.91 Å². The Morgan fingerprint density at radius 1 is 1.13 bits per heavy atom. The molecule has 2 aromatic heterocycles. The van der Waals surface area contributed by atoms with Crippen LogP contribution in [0.5, 0.6) is 0 Å². The molecule has 1 amide bonds. The fourth-order valence-electron chi connectivity index (χ4n) is 3.95. The SMILES string of the molecule is CCCCc1c(C)c(C#N)c2nc3ccccc3n2c1Nc1ccc(NC(C)=O)cc1. The molecule has 2 N–H and O–H groups in total. The smallest absolute Gasteiger partial charge is 0.221 e. The number of para-hydroxylation sites is 2. The van der Waals surface area contributed by atoms with Gasteiger partial charge in [0, 0.05) is 18.3 Å². The Labute approximate surface area is 181 Å². The number of nitrogens with zero attached hydrogens (tertiary/aromatic N) is 3. The minimum atomic E-state index is -0.100. The second kappa shape index (κ2) is 8.49. The standard InChI is InChI=1S/C25H25N5O/c1-4-5-8-20-16(2)21(15-26)25-29-22-9-6-7-10-23(22)30(25)24(20)28-19-13-11-18(12-14-19)27-17(3)31/h6-7,9-14,28H,4-5,8H2,1-3H3,(H,27,31). The zero-order chi connectivity index (χ0) is 22.0. The van der Waals surface area contributed by atoms with Gasteiger partial charge in [-0.3, -0.25) is 9.20 Å². The van der Waals surface area contributed by atoms with Crippen molar-refractivity contribution in [2.75, 3.05) is 10.6 Å². The average molecular weight is 412 g/mol. The molecule has 4 aromatic rings. The number of pyridine rings is 1. The Bertz CT molecular complexity index is 1310. The summed E-state index contributed by atoms with van der Waals surface area (Å²) in [5.74, 6) is 0.831. The number of fused-ring (bicyclic) bond motifs is 3. The number of benzene rings is 2. The van der Waals surface area contributed by atoms with E-state index in [1.54, 1.807) is 0 Å². The fourth-order valence-corrected chi connectivity index (χ4v) is 3.95. The summed E-state index contributed by atoms with van der Waals surface area (Å²) in [6.45, 7) is 5.67. The quantitative estimate of drug-likeness (QED) is 0.426. The molecule has 0 atom stereocenters. The van der Waals surface area contributed by atoms with Crippen molar-refractivity contribution in [2.24, 2.45) is 0 Å². The number of unbranched alkanes of at least 4 members (excludes halogenated alkanes) is 1. The highest BCUT2D eigenvalue weighted by molar-refractivity contribution is 5.89. The molecular weight excluding hydrogens is 386 g/mol. The monoisotopic (exact) mass is 411 g/mol. The first-order chi connectivity index (χ1) is 15.0. The average Bonchev–Trinajstić information content (AvgIpc) is 3.13. The van der Waals surface area contributed by atoms with Gasteiger partial charge in [0.25, 0.3) is 0 Å². The predicted molar refractivity (Wildman–Crippen MR) is 125 cm³/mol. The summed E-state index contributed by atoms with van der Waals surface area (Å²) in [5.41, 5.74) is 6.84. The van der Waals surface area contributed by atoms with Crippen LogP contribution in [0.15, 0.2) is 48.5 Å². The third kappa shape index (κ3) is 3.82. The lowest BCUT2D eigenvalue weighted by Gasteiger charge is -2.19. The second-order valence-corrected chi connectivity index (χ2v) is 7.69. The van der Waals surface area contributed by atoms with Crippen LogP contribution >= 0.6 is 0 Å². The van der Waals surface area contributed by atoms with Crippen LogP contribution in [0.3, 0.4) is 0 Å². The molecule has 0 aliphatic carbocycles. The highest BCUT2D eigenvalue weighted by atomic mass is 16.1. The third-order valence-corrected chi connectivity index (χ3v) is 5.48. The van der Waals surface area contributed by atoms with E-state index in [2.05, 4.69) is 28.0 Å². The third-order valence-electron chi connectivity index (χ3n) is 5.48. The second-order valence-electron chi connectivity index (χ2n) is 7.69. The van der Waals surface area contributed by atoms with Crippen LogP contribution in [-0.4, -0.2) is 15.3 Å². The number of hydrogen-bond donors (Lipinski definition) is 2. The number of rotatable bonds is 6. The Hall–Kier alpha value is -3.85. The Morgan fingerprint density at radius 3 is 2.52 bits per heavy atom. The molecule has 2 aromatic carbocycles. The van der Waals surface area contributed by atoms with E-state index in [1.165, 1.54) is 6.92 Å². The predicted octanol–water partition coefficient (Wildman–Crippen LogP) is 5.71. The lowest BCUT2D eigenvalue weighted by atomic mass is 9.99. The number of anilines is 3. The molecule has 156 valence electrons. The first-order valence-electron chi connectivity index (χ1n) is 10.5. The molecule has 0 saturated heterocycles. The maximum Gasteiger partial charge on any atom is 0.221 e. The molecular formula is C25H25N5O. The van der Waals surface area contributed by atoms with Crippen molar-refractivity contribution in [1.29, 1.82) is 5.26 Å². The summed E-state index contributed by atoms with van der Waals surface area (Å²) in [6, 6.07) is 17.9. The summed E-state index contributed by atoms with van der Waals surface area (Å²) < 4.78 is 2.06. The number of imidazole rings is 1. The minimum absolute atomic E-state index is 0.100. The van der Waals surface area contributed by atoms with Gasteiger partial charge in [-0.15, -0.1) is 0 Å². The highest BCUT2D eigenvalue weighted by Crippen LogP contribution is 2.33. The highest BCUT2D eigenvalue weighted by Gasteiger charge is 2.20. The van der Waals surface area contributed by atoms with Crippen molar-refractivity contribution in [1.82, 2.24) is 9.38 Å². The Kier molecular flexibility index (Phi) is 5.59. The first-order valence-corrected chi connectivity index (χ1v) is 10.5. The van der Waals surface area contributed by atoms with Gasteiger partial charge in [0.05, 0.1) is 16.6 Å². The van der Waals surface area contributed by atoms with Crippen molar-refractivity contribution in [2.45, 2.75) is 40.0 Å². The molecule has 0 aliphatic heterocycles. The normalized spacial score (nSPS) is 10.9. The number of carbonyl (C=O) groups is 1. The number of nitrogens with one attached hydrogen (secondary N) is 2. The topological polar surface area (TPSA) is 82.2 Å².